The van der Waals surface area contributed by atoms with E-state index in [0.717, 1.165) is 48.2 Å². The molecule has 0 amide bonds. The molecule has 0 aromatic carbocycles. The van der Waals surface area contributed by atoms with Crippen LogP contribution in [0, 0.1) is 40.4 Å². The van der Waals surface area contributed by atoms with E-state index in [1.54, 1.807) is 0 Å². The lowest BCUT2D eigenvalue weighted by molar-refractivity contribution is -0.141. The lowest BCUT2D eigenvalue weighted by Crippen LogP contribution is -2.55. The summed E-state index contributed by atoms with van der Waals surface area (Å²) in [5.74, 6) is 4.41. The van der Waals surface area contributed by atoms with Gasteiger partial charge in [0.15, 0.2) is 0 Å². The molecule has 196 valence electrons. The highest BCUT2D eigenvalue weighted by molar-refractivity contribution is 5.68. The average Bonchev–Trinajstić information content (AvgIpc) is 3.19. The Hall–Kier alpha value is -1.46. The molecular weight excluding hydrogens is 436 g/mol. The maximum Gasteiger partial charge on any atom is 0.305 e. The molecule has 1 aromatic rings. The molecule has 3 N–H and O–H groups in total. The highest BCUT2D eigenvalue weighted by Gasteiger charge is 2.59. The van der Waals surface area contributed by atoms with Crippen LogP contribution in [0.5, 0.6) is 0 Å². The van der Waals surface area contributed by atoms with Crippen molar-refractivity contribution >= 4 is 5.97 Å². The van der Waals surface area contributed by atoms with E-state index >= 15 is 0 Å². The van der Waals surface area contributed by atoms with E-state index in [-0.39, 0.29) is 11.4 Å². The number of ether oxygens (including phenoxy) is 1. The van der Waals surface area contributed by atoms with Crippen LogP contribution in [0.1, 0.15) is 96.6 Å². The predicted molar refractivity (Wildman–Crippen MR) is 140 cm³/mol. The van der Waals surface area contributed by atoms with E-state index in [2.05, 4.69) is 36.3 Å². The first-order chi connectivity index (χ1) is 16.4. The summed E-state index contributed by atoms with van der Waals surface area (Å²) in [6, 6.07) is 6.87. The first-order valence-corrected chi connectivity index (χ1v) is 14.1. The molecule has 0 radical (unpaired) electrons. The third kappa shape index (κ3) is 5.05. The lowest BCUT2D eigenvalue weighted by atomic mass is 9.44. The second kappa shape index (κ2) is 10.9. The van der Waals surface area contributed by atoms with E-state index in [4.69, 9.17) is 4.74 Å². The topological polar surface area (TPSA) is 82.7 Å². The van der Waals surface area contributed by atoms with Crippen LogP contribution >= 0.6 is 0 Å². The molecule has 0 spiro atoms. The number of aromatic nitrogens is 1. The number of esters is 1. The molecule has 6 unspecified atom stereocenters. The molecule has 5 rings (SSSR count). The van der Waals surface area contributed by atoms with Crippen molar-refractivity contribution in [2.45, 2.75) is 103 Å². The Balaban J connectivity index is 0.00000289. The summed E-state index contributed by atoms with van der Waals surface area (Å²) in [5.41, 5.74) is 2.20. The molecule has 0 bridgehead atoms. The summed E-state index contributed by atoms with van der Waals surface area (Å²) in [4.78, 5) is 16.1. The number of carbonyl (C=O) groups is 1. The molecule has 5 nitrogen and oxygen atoms in total. The largest absolute Gasteiger partial charge is 0.469 e. The lowest BCUT2D eigenvalue weighted by Gasteiger charge is -2.61. The first kappa shape index (κ1) is 26.6. The van der Waals surface area contributed by atoms with Gasteiger partial charge in [0, 0.05) is 25.2 Å². The van der Waals surface area contributed by atoms with Crippen LogP contribution in [0.2, 0.25) is 0 Å². The van der Waals surface area contributed by atoms with Crippen molar-refractivity contribution in [2.75, 3.05) is 7.11 Å². The number of carbonyl (C=O) groups excluding carboxylic acids is 1. The van der Waals surface area contributed by atoms with Crippen LogP contribution in [0.3, 0.4) is 0 Å². The van der Waals surface area contributed by atoms with Crippen molar-refractivity contribution in [3.8, 4) is 0 Å². The van der Waals surface area contributed by atoms with Gasteiger partial charge >= 0.3 is 5.97 Å². The summed E-state index contributed by atoms with van der Waals surface area (Å²) < 4.78 is 4.88. The summed E-state index contributed by atoms with van der Waals surface area (Å²) in [5, 5.41) is 3.85. The molecule has 4 fully saturated rings. The van der Waals surface area contributed by atoms with Gasteiger partial charge in [0.2, 0.25) is 0 Å². The van der Waals surface area contributed by atoms with E-state index in [9.17, 15) is 4.79 Å². The summed E-state index contributed by atoms with van der Waals surface area (Å²) >= 11 is 0. The van der Waals surface area contributed by atoms with Crippen molar-refractivity contribution in [3.63, 3.8) is 0 Å². The SMILES string of the molecule is COC(=O)CCCC1CCC2C3CC[C@H]4C[C@H](NCc5ccccn5)CCC4(C)C3CCC12C.O. The third-order valence-corrected chi connectivity index (χ3v) is 11.3. The van der Waals surface area contributed by atoms with Gasteiger partial charge < -0.3 is 15.5 Å². The van der Waals surface area contributed by atoms with Crippen LogP contribution in [0.15, 0.2) is 24.4 Å². The Bertz CT molecular complexity index is 847. The predicted octanol–water partition coefficient (Wildman–Crippen LogP) is 5.72. The van der Waals surface area contributed by atoms with Gasteiger partial charge in [0.25, 0.3) is 0 Å². The van der Waals surface area contributed by atoms with Crippen LogP contribution in [0.4, 0.5) is 0 Å². The summed E-state index contributed by atoms with van der Waals surface area (Å²) in [6.45, 7) is 6.20. The van der Waals surface area contributed by atoms with Gasteiger partial charge in [0.1, 0.15) is 0 Å². The van der Waals surface area contributed by atoms with Gasteiger partial charge in [-0.25, -0.2) is 0 Å². The number of rotatable bonds is 7. The second-order valence-corrected chi connectivity index (χ2v) is 12.6. The van der Waals surface area contributed by atoms with Gasteiger partial charge in [-0.2, -0.15) is 0 Å². The summed E-state index contributed by atoms with van der Waals surface area (Å²) in [7, 11) is 1.51. The fourth-order valence-corrected chi connectivity index (χ4v) is 9.37. The summed E-state index contributed by atoms with van der Waals surface area (Å²) in [6.07, 6.45) is 17.3. The van der Waals surface area contributed by atoms with E-state index in [1.165, 1.54) is 71.3 Å². The second-order valence-electron chi connectivity index (χ2n) is 12.6. The van der Waals surface area contributed by atoms with Crippen molar-refractivity contribution in [2.24, 2.45) is 40.4 Å². The Morgan fingerprint density at radius 1 is 1.06 bits per heavy atom. The molecule has 5 heteroatoms. The van der Waals surface area contributed by atoms with Crippen LogP contribution in [-0.2, 0) is 16.1 Å². The standard InChI is InChI=1S/C30H46N2O2.H2O/c1-29-17-15-27-25(26(29)13-11-21(29)7-6-9-28(33)34-3)12-10-22-19-23(14-16-30(22,27)2)32-20-24-8-4-5-18-31-24;/h4-5,8,18,21-23,25-27,32H,6-7,9-17,19-20H2,1-3H3;1H2/t21?,22-,23+,25?,26?,27?,29?,30?;/m0./s1. The number of methoxy groups -OCH3 is 1. The molecular formula is C30H48N2O3. The van der Waals surface area contributed by atoms with Gasteiger partial charge in [0.05, 0.1) is 12.8 Å². The number of pyridine rings is 1. The quantitative estimate of drug-likeness (QED) is 0.502. The fourth-order valence-electron chi connectivity index (χ4n) is 9.37. The Kier molecular flexibility index (Phi) is 8.27. The molecule has 35 heavy (non-hydrogen) atoms. The Morgan fingerprint density at radius 3 is 2.63 bits per heavy atom. The number of fused-ring (bicyclic) bond motifs is 5. The minimum Gasteiger partial charge on any atom is -0.469 e. The first-order valence-electron chi connectivity index (χ1n) is 14.1. The molecule has 8 atom stereocenters. The van der Waals surface area contributed by atoms with E-state index in [0.29, 0.717) is 23.3 Å². The van der Waals surface area contributed by atoms with E-state index in [1.807, 2.05) is 12.3 Å². The highest BCUT2D eigenvalue weighted by Crippen LogP contribution is 2.67. The zero-order valence-corrected chi connectivity index (χ0v) is 22.2. The van der Waals surface area contributed by atoms with Gasteiger partial charge in [-0.3, -0.25) is 9.78 Å². The van der Waals surface area contributed by atoms with E-state index < -0.39 is 0 Å². The molecule has 4 aliphatic carbocycles. The Labute approximate surface area is 212 Å². The monoisotopic (exact) mass is 484 g/mol. The smallest absolute Gasteiger partial charge is 0.305 e. The van der Waals surface area contributed by atoms with Crippen molar-refractivity contribution in [1.82, 2.24) is 10.3 Å². The third-order valence-electron chi connectivity index (χ3n) is 11.3. The molecule has 4 aliphatic rings. The molecule has 1 heterocycles. The number of hydrogen-bond donors (Lipinski definition) is 1. The van der Waals surface area contributed by atoms with Crippen molar-refractivity contribution in [3.05, 3.63) is 30.1 Å². The van der Waals surface area contributed by atoms with Gasteiger partial charge in [-0.05, 0) is 123 Å². The molecule has 4 saturated carbocycles. The maximum absolute atomic E-state index is 11.6. The zero-order chi connectivity index (χ0) is 23.8. The van der Waals surface area contributed by atoms with Crippen molar-refractivity contribution < 1.29 is 15.0 Å². The number of hydrogen-bond acceptors (Lipinski definition) is 4. The molecule has 0 aliphatic heterocycles. The minimum absolute atomic E-state index is 0. The van der Waals surface area contributed by atoms with Crippen molar-refractivity contribution in [1.29, 1.82) is 0 Å². The number of nitrogens with one attached hydrogen (secondary N) is 1. The number of nitrogens with zero attached hydrogens (tertiary/aromatic N) is 1. The Morgan fingerprint density at radius 2 is 1.86 bits per heavy atom. The average molecular weight is 485 g/mol. The van der Waals surface area contributed by atoms with Crippen LogP contribution in [-0.4, -0.2) is 29.6 Å². The maximum atomic E-state index is 11.6. The van der Waals surface area contributed by atoms with Gasteiger partial charge in [-0.15, -0.1) is 0 Å². The van der Waals surface area contributed by atoms with Gasteiger partial charge in [-0.1, -0.05) is 19.9 Å². The molecule has 0 saturated heterocycles. The fraction of sp³-hybridized carbons (Fsp3) is 0.800. The normalized spacial score (nSPS) is 40.1. The highest BCUT2D eigenvalue weighted by atomic mass is 16.5. The minimum atomic E-state index is -0.0419. The van der Waals surface area contributed by atoms with Crippen LogP contribution < -0.4 is 5.32 Å². The van der Waals surface area contributed by atoms with Crippen LogP contribution in [0.25, 0.3) is 0 Å². The zero-order valence-electron chi connectivity index (χ0n) is 22.2. The molecule has 1 aromatic heterocycles.